The molecule has 102 valence electrons. The van der Waals surface area contributed by atoms with E-state index in [2.05, 4.69) is 6.07 Å². The Labute approximate surface area is 113 Å². The van der Waals surface area contributed by atoms with E-state index < -0.39 is 0 Å². The molecule has 0 aliphatic heterocycles. The summed E-state index contributed by atoms with van der Waals surface area (Å²) in [6, 6.07) is 9.68. The van der Waals surface area contributed by atoms with Crippen molar-refractivity contribution < 1.29 is 4.79 Å². The number of carbonyl (C=O) groups excluding carboxylic acids is 1. The number of hydrogen-bond donors (Lipinski definition) is 2. The van der Waals surface area contributed by atoms with Crippen LogP contribution in [0, 0.1) is 11.3 Å². The molecule has 0 atom stereocenters. The molecule has 1 aromatic rings. The summed E-state index contributed by atoms with van der Waals surface area (Å²) in [6.07, 6.45) is 2.27. The maximum absolute atomic E-state index is 11.1. The Hall–Kier alpha value is -2.06. The number of amides is 1. The Bertz CT molecular complexity index is 436. The Morgan fingerprint density at radius 3 is 2.53 bits per heavy atom. The molecule has 0 heterocycles. The molecule has 0 bridgehead atoms. The van der Waals surface area contributed by atoms with Gasteiger partial charge in [-0.1, -0.05) is 12.1 Å². The second-order valence-corrected chi connectivity index (χ2v) is 4.53. The van der Waals surface area contributed by atoms with E-state index in [1.54, 1.807) is 0 Å². The van der Waals surface area contributed by atoms with Gasteiger partial charge in [-0.15, -0.1) is 0 Å². The molecule has 1 rings (SSSR count). The molecule has 0 aromatic heterocycles. The highest BCUT2D eigenvalue weighted by Gasteiger charge is 2.08. The van der Waals surface area contributed by atoms with Crippen LogP contribution in [0.2, 0.25) is 0 Å². The van der Waals surface area contributed by atoms with E-state index in [0.717, 1.165) is 30.6 Å². The SMILES string of the molecule is N#CCCCCN(CC(N)=O)Cc1ccc(N)cc1. The maximum Gasteiger partial charge on any atom is 0.231 e. The molecule has 0 aliphatic rings. The van der Waals surface area contributed by atoms with Gasteiger partial charge in [-0.2, -0.15) is 5.26 Å². The summed E-state index contributed by atoms with van der Waals surface area (Å²) in [5.41, 5.74) is 12.7. The molecule has 0 unspecified atom stereocenters. The van der Waals surface area contributed by atoms with Crippen molar-refractivity contribution in [3.63, 3.8) is 0 Å². The highest BCUT2D eigenvalue weighted by molar-refractivity contribution is 5.75. The number of primary amides is 1. The minimum atomic E-state index is -0.337. The van der Waals surface area contributed by atoms with Gasteiger partial charge in [0.1, 0.15) is 0 Å². The van der Waals surface area contributed by atoms with Crippen molar-refractivity contribution in [3.05, 3.63) is 29.8 Å². The minimum Gasteiger partial charge on any atom is -0.399 e. The van der Waals surface area contributed by atoms with E-state index in [4.69, 9.17) is 16.7 Å². The number of anilines is 1. The number of unbranched alkanes of at least 4 members (excludes halogenated alkanes) is 2. The Morgan fingerprint density at radius 1 is 1.26 bits per heavy atom. The molecular weight excluding hydrogens is 240 g/mol. The van der Waals surface area contributed by atoms with Gasteiger partial charge in [0, 0.05) is 18.7 Å². The normalized spacial score (nSPS) is 10.3. The van der Waals surface area contributed by atoms with Crippen molar-refractivity contribution in [2.75, 3.05) is 18.8 Å². The quantitative estimate of drug-likeness (QED) is 0.543. The summed E-state index contributed by atoms with van der Waals surface area (Å²) in [6.45, 7) is 1.65. The largest absolute Gasteiger partial charge is 0.399 e. The van der Waals surface area contributed by atoms with Crippen molar-refractivity contribution in [1.29, 1.82) is 5.26 Å². The van der Waals surface area contributed by atoms with Crippen LogP contribution in [0.4, 0.5) is 5.69 Å². The molecule has 0 fully saturated rings. The second-order valence-electron chi connectivity index (χ2n) is 4.53. The zero-order valence-electron chi connectivity index (χ0n) is 11.0. The standard InChI is InChI=1S/C14H20N4O/c15-8-2-1-3-9-18(11-14(17)19)10-12-4-6-13(16)7-5-12/h4-7H,1-3,9-11,16H2,(H2,17,19). The molecule has 5 heteroatoms. The fourth-order valence-electron chi connectivity index (χ4n) is 1.86. The van der Waals surface area contributed by atoms with Crippen LogP contribution in [-0.4, -0.2) is 23.9 Å². The van der Waals surface area contributed by atoms with E-state index >= 15 is 0 Å². The molecular formula is C14H20N4O. The summed E-state index contributed by atoms with van der Waals surface area (Å²) < 4.78 is 0. The van der Waals surface area contributed by atoms with Crippen molar-refractivity contribution in [2.45, 2.75) is 25.8 Å². The molecule has 19 heavy (non-hydrogen) atoms. The van der Waals surface area contributed by atoms with Crippen molar-refractivity contribution in [1.82, 2.24) is 4.90 Å². The predicted molar refractivity (Wildman–Crippen MR) is 74.8 cm³/mol. The highest BCUT2D eigenvalue weighted by Crippen LogP contribution is 2.09. The molecule has 5 nitrogen and oxygen atoms in total. The number of nitrogens with two attached hydrogens (primary N) is 2. The smallest absolute Gasteiger partial charge is 0.231 e. The Balaban J connectivity index is 2.51. The third kappa shape index (κ3) is 6.43. The van der Waals surface area contributed by atoms with Crippen LogP contribution in [0.3, 0.4) is 0 Å². The minimum absolute atomic E-state index is 0.233. The average Bonchev–Trinajstić information content (AvgIpc) is 2.36. The third-order valence-electron chi connectivity index (χ3n) is 2.78. The number of nitrogen functional groups attached to an aromatic ring is 1. The summed E-state index contributed by atoms with van der Waals surface area (Å²) >= 11 is 0. The lowest BCUT2D eigenvalue weighted by Crippen LogP contribution is -2.34. The maximum atomic E-state index is 11.1. The average molecular weight is 260 g/mol. The summed E-state index contributed by atoms with van der Waals surface area (Å²) in [5.74, 6) is -0.337. The Kier molecular flexibility index (Phi) is 6.41. The van der Waals surface area contributed by atoms with Gasteiger partial charge in [0.2, 0.25) is 5.91 Å². The van der Waals surface area contributed by atoms with Gasteiger partial charge in [-0.05, 0) is 37.1 Å². The monoisotopic (exact) mass is 260 g/mol. The van der Waals surface area contributed by atoms with E-state index in [1.807, 2.05) is 29.2 Å². The fraction of sp³-hybridized carbons (Fsp3) is 0.429. The summed E-state index contributed by atoms with van der Waals surface area (Å²) in [5, 5.41) is 8.49. The first-order valence-corrected chi connectivity index (χ1v) is 6.34. The van der Waals surface area contributed by atoms with Crippen LogP contribution in [0.15, 0.2) is 24.3 Å². The fourth-order valence-corrected chi connectivity index (χ4v) is 1.86. The molecule has 0 spiro atoms. The molecule has 0 aliphatic carbocycles. The summed E-state index contributed by atoms with van der Waals surface area (Å²) in [4.78, 5) is 13.0. The van der Waals surface area contributed by atoms with E-state index in [9.17, 15) is 4.79 Å². The third-order valence-corrected chi connectivity index (χ3v) is 2.78. The topological polar surface area (TPSA) is 96.1 Å². The van der Waals surface area contributed by atoms with Gasteiger partial charge in [-0.3, -0.25) is 9.69 Å². The van der Waals surface area contributed by atoms with Gasteiger partial charge >= 0.3 is 0 Å². The van der Waals surface area contributed by atoms with E-state index in [-0.39, 0.29) is 12.5 Å². The predicted octanol–water partition coefficient (Wildman–Crippen LogP) is 1.25. The number of carbonyl (C=O) groups is 1. The van der Waals surface area contributed by atoms with Crippen LogP contribution in [0.5, 0.6) is 0 Å². The van der Waals surface area contributed by atoms with E-state index in [1.165, 1.54) is 0 Å². The van der Waals surface area contributed by atoms with Crippen molar-refractivity contribution >= 4 is 11.6 Å². The first-order valence-electron chi connectivity index (χ1n) is 6.34. The first-order chi connectivity index (χ1) is 9.11. The van der Waals surface area contributed by atoms with Gasteiger partial charge in [0.25, 0.3) is 0 Å². The van der Waals surface area contributed by atoms with Gasteiger partial charge in [0.15, 0.2) is 0 Å². The zero-order valence-corrected chi connectivity index (χ0v) is 11.0. The summed E-state index contributed by atoms with van der Waals surface area (Å²) in [7, 11) is 0. The zero-order chi connectivity index (χ0) is 14.1. The van der Waals surface area contributed by atoms with Crippen LogP contribution in [-0.2, 0) is 11.3 Å². The first kappa shape index (κ1) is 15.0. The molecule has 0 saturated heterocycles. The highest BCUT2D eigenvalue weighted by atomic mass is 16.1. The van der Waals surface area contributed by atoms with Gasteiger partial charge < -0.3 is 11.5 Å². The lowest BCUT2D eigenvalue weighted by Gasteiger charge is -2.20. The van der Waals surface area contributed by atoms with Gasteiger partial charge in [0.05, 0.1) is 12.6 Å². The van der Waals surface area contributed by atoms with Crippen LogP contribution < -0.4 is 11.5 Å². The molecule has 0 saturated carbocycles. The Morgan fingerprint density at radius 2 is 1.95 bits per heavy atom. The number of rotatable bonds is 8. The molecule has 1 amide bonds. The molecule has 0 radical (unpaired) electrons. The lowest BCUT2D eigenvalue weighted by molar-refractivity contribution is -0.119. The van der Waals surface area contributed by atoms with Crippen molar-refractivity contribution in [3.8, 4) is 6.07 Å². The lowest BCUT2D eigenvalue weighted by atomic mass is 10.1. The number of benzene rings is 1. The van der Waals surface area contributed by atoms with Crippen LogP contribution >= 0.6 is 0 Å². The second kappa shape index (κ2) is 8.11. The number of nitrogens with zero attached hydrogens (tertiary/aromatic N) is 2. The van der Waals surface area contributed by atoms with Crippen molar-refractivity contribution in [2.24, 2.45) is 5.73 Å². The van der Waals surface area contributed by atoms with E-state index in [0.29, 0.717) is 13.0 Å². The number of nitriles is 1. The molecule has 4 N–H and O–H groups in total. The van der Waals surface area contributed by atoms with Gasteiger partial charge in [-0.25, -0.2) is 0 Å². The number of hydrogen-bond acceptors (Lipinski definition) is 4. The molecule has 1 aromatic carbocycles. The van der Waals surface area contributed by atoms with Crippen LogP contribution in [0.1, 0.15) is 24.8 Å². The van der Waals surface area contributed by atoms with Crippen LogP contribution in [0.25, 0.3) is 0 Å².